The first-order chi connectivity index (χ1) is 7.86. The third-order valence-corrected chi connectivity index (χ3v) is 4.06. The molecule has 16 heavy (non-hydrogen) atoms. The standard InChI is InChI=1S/C14H19NO/c1-16-13-5-4-10-7-11-3-2-6-15-14(11)9-12(10)8-13/h4-5,8,11,14-15H,2-3,6-7,9H2,1H3/t11-,14+/m0/s1. The zero-order chi connectivity index (χ0) is 11.0. The van der Waals surface area contributed by atoms with Gasteiger partial charge in [0.2, 0.25) is 0 Å². The zero-order valence-corrected chi connectivity index (χ0v) is 9.83. The number of ether oxygens (including phenoxy) is 1. The number of hydrogen-bond acceptors (Lipinski definition) is 2. The predicted octanol–water partition coefficient (Wildman–Crippen LogP) is 2.16. The lowest BCUT2D eigenvalue weighted by atomic mass is 9.76. The highest BCUT2D eigenvalue weighted by atomic mass is 16.5. The third-order valence-electron chi connectivity index (χ3n) is 4.06. The molecule has 0 amide bonds. The Morgan fingerprint density at radius 1 is 1.25 bits per heavy atom. The lowest BCUT2D eigenvalue weighted by Crippen LogP contribution is -2.45. The highest BCUT2D eigenvalue weighted by Gasteiger charge is 2.30. The molecule has 1 saturated heterocycles. The van der Waals surface area contributed by atoms with E-state index >= 15 is 0 Å². The van der Waals surface area contributed by atoms with E-state index in [4.69, 9.17) is 4.74 Å². The molecule has 0 spiro atoms. The van der Waals surface area contributed by atoms with Gasteiger partial charge >= 0.3 is 0 Å². The van der Waals surface area contributed by atoms with Crippen molar-refractivity contribution in [2.24, 2.45) is 5.92 Å². The van der Waals surface area contributed by atoms with E-state index in [1.807, 2.05) is 0 Å². The van der Waals surface area contributed by atoms with Crippen LogP contribution in [0, 0.1) is 5.92 Å². The van der Waals surface area contributed by atoms with Gasteiger partial charge in [0.25, 0.3) is 0 Å². The van der Waals surface area contributed by atoms with E-state index in [0.29, 0.717) is 6.04 Å². The average molecular weight is 217 g/mol. The van der Waals surface area contributed by atoms with Crippen LogP contribution in [0.2, 0.25) is 0 Å². The summed E-state index contributed by atoms with van der Waals surface area (Å²) in [5, 5.41) is 3.66. The zero-order valence-electron chi connectivity index (χ0n) is 9.83. The topological polar surface area (TPSA) is 21.3 Å². The van der Waals surface area contributed by atoms with Gasteiger partial charge in [-0.1, -0.05) is 6.07 Å². The van der Waals surface area contributed by atoms with E-state index < -0.39 is 0 Å². The van der Waals surface area contributed by atoms with Crippen molar-refractivity contribution in [3.05, 3.63) is 29.3 Å². The SMILES string of the molecule is COc1ccc2c(c1)C[C@H]1NCCC[C@H]1C2. The summed E-state index contributed by atoms with van der Waals surface area (Å²) in [5.74, 6) is 1.85. The first-order valence-corrected chi connectivity index (χ1v) is 6.26. The van der Waals surface area contributed by atoms with Gasteiger partial charge in [0.15, 0.2) is 0 Å². The van der Waals surface area contributed by atoms with Crippen LogP contribution < -0.4 is 10.1 Å². The van der Waals surface area contributed by atoms with Crippen LogP contribution in [-0.4, -0.2) is 19.7 Å². The van der Waals surface area contributed by atoms with Crippen LogP contribution in [0.3, 0.4) is 0 Å². The fourth-order valence-electron chi connectivity index (χ4n) is 3.14. The van der Waals surface area contributed by atoms with Gasteiger partial charge in [-0.3, -0.25) is 0 Å². The maximum atomic E-state index is 5.30. The molecule has 0 aromatic heterocycles. The van der Waals surface area contributed by atoms with Crippen molar-refractivity contribution in [3.63, 3.8) is 0 Å². The predicted molar refractivity (Wildman–Crippen MR) is 64.9 cm³/mol. The average Bonchev–Trinajstić information content (AvgIpc) is 2.35. The van der Waals surface area contributed by atoms with Crippen molar-refractivity contribution in [2.75, 3.05) is 13.7 Å². The lowest BCUT2D eigenvalue weighted by molar-refractivity contribution is 0.263. The van der Waals surface area contributed by atoms with Crippen LogP contribution in [0.25, 0.3) is 0 Å². The molecule has 2 heteroatoms. The molecule has 0 radical (unpaired) electrons. The molecule has 3 rings (SSSR count). The smallest absolute Gasteiger partial charge is 0.119 e. The summed E-state index contributed by atoms with van der Waals surface area (Å²) in [6, 6.07) is 7.25. The Morgan fingerprint density at radius 2 is 2.19 bits per heavy atom. The Balaban J connectivity index is 1.89. The Hall–Kier alpha value is -1.02. The fraction of sp³-hybridized carbons (Fsp3) is 0.571. The molecule has 0 bridgehead atoms. The fourth-order valence-corrected chi connectivity index (χ4v) is 3.14. The number of benzene rings is 1. The second-order valence-corrected chi connectivity index (χ2v) is 5.01. The number of rotatable bonds is 1. The molecule has 86 valence electrons. The number of methoxy groups -OCH3 is 1. The van der Waals surface area contributed by atoms with Gasteiger partial charge in [0.05, 0.1) is 7.11 Å². The Bertz CT molecular complexity index is 388. The molecule has 2 aliphatic rings. The minimum atomic E-state index is 0.702. The van der Waals surface area contributed by atoms with Crippen molar-refractivity contribution in [2.45, 2.75) is 31.7 Å². The normalized spacial score (nSPS) is 28.1. The summed E-state index contributed by atoms with van der Waals surface area (Å²) in [7, 11) is 1.74. The first kappa shape index (κ1) is 10.2. The Labute approximate surface area is 97.0 Å². The minimum absolute atomic E-state index is 0.702. The largest absolute Gasteiger partial charge is 0.497 e. The lowest BCUT2D eigenvalue weighted by Gasteiger charge is -2.37. The van der Waals surface area contributed by atoms with Crippen LogP contribution in [0.4, 0.5) is 0 Å². The maximum absolute atomic E-state index is 5.30. The van der Waals surface area contributed by atoms with E-state index in [1.165, 1.54) is 43.4 Å². The molecular formula is C14H19NO. The maximum Gasteiger partial charge on any atom is 0.119 e. The number of piperidine rings is 1. The Kier molecular flexibility index (Phi) is 2.60. The van der Waals surface area contributed by atoms with Crippen molar-refractivity contribution in [3.8, 4) is 5.75 Å². The van der Waals surface area contributed by atoms with Gasteiger partial charge in [-0.25, -0.2) is 0 Å². The molecule has 1 aromatic rings. The summed E-state index contributed by atoms with van der Waals surface area (Å²) in [6.07, 6.45) is 5.16. The molecule has 1 N–H and O–H groups in total. The van der Waals surface area contributed by atoms with Gasteiger partial charge in [0.1, 0.15) is 5.75 Å². The molecule has 1 aromatic carbocycles. The van der Waals surface area contributed by atoms with Crippen molar-refractivity contribution >= 4 is 0 Å². The number of nitrogens with one attached hydrogen (secondary N) is 1. The molecule has 1 heterocycles. The van der Waals surface area contributed by atoms with E-state index in [0.717, 1.165) is 11.7 Å². The molecule has 1 aliphatic heterocycles. The molecule has 1 aliphatic carbocycles. The van der Waals surface area contributed by atoms with E-state index in [9.17, 15) is 0 Å². The van der Waals surface area contributed by atoms with E-state index in [1.54, 1.807) is 7.11 Å². The van der Waals surface area contributed by atoms with E-state index in [-0.39, 0.29) is 0 Å². The molecule has 2 atom stereocenters. The quantitative estimate of drug-likeness (QED) is 0.778. The summed E-state index contributed by atoms with van der Waals surface area (Å²) >= 11 is 0. The van der Waals surface area contributed by atoms with Gasteiger partial charge in [-0.2, -0.15) is 0 Å². The van der Waals surface area contributed by atoms with Crippen LogP contribution in [0.5, 0.6) is 5.75 Å². The van der Waals surface area contributed by atoms with Crippen molar-refractivity contribution in [1.82, 2.24) is 5.32 Å². The van der Waals surface area contributed by atoms with Crippen LogP contribution >= 0.6 is 0 Å². The summed E-state index contributed by atoms with van der Waals surface area (Å²) in [6.45, 7) is 1.19. The second kappa shape index (κ2) is 4.10. The van der Waals surface area contributed by atoms with Crippen LogP contribution in [0.15, 0.2) is 18.2 Å². The molecule has 0 saturated carbocycles. The highest BCUT2D eigenvalue weighted by molar-refractivity contribution is 5.38. The second-order valence-electron chi connectivity index (χ2n) is 5.01. The monoisotopic (exact) mass is 217 g/mol. The van der Waals surface area contributed by atoms with Gasteiger partial charge < -0.3 is 10.1 Å². The number of hydrogen-bond donors (Lipinski definition) is 1. The Morgan fingerprint density at radius 3 is 3.06 bits per heavy atom. The first-order valence-electron chi connectivity index (χ1n) is 6.26. The number of fused-ring (bicyclic) bond motifs is 2. The summed E-state index contributed by atoms with van der Waals surface area (Å²) in [5.41, 5.74) is 3.01. The molecular weight excluding hydrogens is 198 g/mol. The van der Waals surface area contributed by atoms with Crippen LogP contribution in [-0.2, 0) is 12.8 Å². The highest BCUT2D eigenvalue weighted by Crippen LogP contribution is 2.32. The van der Waals surface area contributed by atoms with Gasteiger partial charge in [-0.15, -0.1) is 0 Å². The van der Waals surface area contributed by atoms with Crippen molar-refractivity contribution < 1.29 is 4.74 Å². The van der Waals surface area contributed by atoms with Gasteiger partial charge in [-0.05, 0) is 61.4 Å². The van der Waals surface area contributed by atoms with Crippen LogP contribution in [0.1, 0.15) is 24.0 Å². The third kappa shape index (κ3) is 1.71. The molecule has 2 nitrogen and oxygen atoms in total. The summed E-state index contributed by atoms with van der Waals surface area (Å²) < 4.78 is 5.30. The van der Waals surface area contributed by atoms with Gasteiger partial charge in [0, 0.05) is 6.04 Å². The van der Waals surface area contributed by atoms with E-state index in [2.05, 4.69) is 23.5 Å². The molecule has 0 unspecified atom stereocenters. The summed E-state index contributed by atoms with van der Waals surface area (Å²) in [4.78, 5) is 0. The van der Waals surface area contributed by atoms with Crippen molar-refractivity contribution in [1.29, 1.82) is 0 Å². The minimum Gasteiger partial charge on any atom is -0.497 e. The molecule has 1 fully saturated rings.